The molecule has 0 saturated heterocycles. The minimum atomic E-state index is -0.807. The average Bonchev–Trinajstić information content (AvgIpc) is 2.74. The van der Waals surface area contributed by atoms with Gasteiger partial charge in [0.25, 0.3) is 11.5 Å². The fourth-order valence-corrected chi connectivity index (χ4v) is 3.31. The largest absolute Gasteiger partial charge is 0.497 e. The number of carbonyl (C=O) groups excluding carboxylic acids is 1. The monoisotopic (exact) mass is 411 g/mol. The Morgan fingerprint density at radius 3 is 2.72 bits per heavy atom. The summed E-state index contributed by atoms with van der Waals surface area (Å²) in [5.74, 6) is 0.217. The van der Waals surface area contributed by atoms with Gasteiger partial charge < -0.3 is 4.74 Å². The van der Waals surface area contributed by atoms with Gasteiger partial charge in [-0.05, 0) is 23.3 Å². The molecule has 1 aromatic heterocycles. The number of hydrazone groups is 1. The van der Waals surface area contributed by atoms with Crippen molar-refractivity contribution in [2.75, 3.05) is 7.11 Å². The first-order chi connectivity index (χ1) is 14.1. The molecule has 0 spiro atoms. The highest BCUT2D eigenvalue weighted by Gasteiger charge is 2.24. The van der Waals surface area contributed by atoms with E-state index < -0.39 is 22.4 Å². The first kappa shape index (κ1) is 20.1. The van der Waals surface area contributed by atoms with Gasteiger partial charge in [-0.3, -0.25) is 14.6 Å². The Labute approximate surface area is 169 Å². The number of aromatic nitrogens is 3. The summed E-state index contributed by atoms with van der Waals surface area (Å²) in [5, 5.41) is 9.02. The van der Waals surface area contributed by atoms with Crippen LogP contribution in [-0.2, 0) is 4.79 Å². The van der Waals surface area contributed by atoms with Gasteiger partial charge in [0.1, 0.15) is 11.0 Å². The molecule has 0 saturated carbocycles. The van der Waals surface area contributed by atoms with Crippen LogP contribution in [0.4, 0.5) is 0 Å². The van der Waals surface area contributed by atoms with Gasteiger partial charge in [-0.2, -0.15) is 10.2 Å². The Balaban J connectivity index is 1.80. The zero-order valence-electron chi connectivity index (χ0n) is 15.3. The summed E-state index contributed by atoms with van der Waals surface area (Å²) in [7, 11) is 1.56. The summed E-state index contributed by atoms with van der Waals surface area (Å²) in [5.41, 5.74) is 2.48. The lowest BCUT2D eigenvalue weighted by Crippen LogP contribution is -2.28. The maximum absolute atomic E-state index is 12.8. The maximum Gasteiger partial charge on any atom is 0.342 e. The summed E-state index contributed by atoms with van der Waals surface area (Å²) in [6, 6.07) is 16.1. The fourth-order valence-electron chi connectivity index (χ4n) is 2.38. The molecule has 1 amide bonds. The van der Waals surface area contributed by atoms with Gasteiger partial charge in [0.05, 0.1) is 13.3 Å². The van der Waals surface area contributed by atoms with Crippen LogP contribution in [0, 0.1) is 0 Å². The van der Waals surface area contributed by atoms with Crippen molar-refractivity contribution >= 4 is 23.9 Å². The molecule has 3 N–H and O–H groups in total. The summed E-state index contributed by atoms with van der Waals surface area (Å²) in [6.45, 7) is 0. The minimum absolute atomic E-state index is 0.0367. The zero-order valence-corrected chi connectivity index (χ0v) is 16.1. The Morgan fingerprint density at radius 2 is 2.00 bits per heavy atom. The van der Waals surface area contributed by atoms with E-state index in [1.807, 2.05) is 12.1 Å². The number of nitrogens with one attached hydrogen (secondary N) is 3. The number of rotatable bonds is 7. The second-order valence-corrected chi connectivity index (χ2v) is 6.83. The smallest absolute Gasteiger partial charge is 0.342 e. The van der Waals surface area contributed by atoms with Crippen molar-refractivity contribution in [3.8, 4) is 5.75 Å². The zero-order chi connectivity index (χ0) is 20.6. The highest BCUT2D eigenvalue weighted by molar-refractivity contribution is 8.00. The lowest BCUT2D eigenvalue weighted by molar-refractivity contribution is -0.120. The van der Waals surface area contributed by atoms with Crippen molar-refractivity contribution in [3.05, 3.63) is 86.6 Å². The van der Waals surface area contributed by atoms with Crippen molar-refractivity contribution in [2.45, 2.75) is 10.3 Å². The Morgan fingerprint density at radius 1 is 1.21 bits per heavy atom. The summed E-state index contributed by atoms with van der Waals surface area (Å²) >= 11 is 0.907. The van der Waals surface area contributed by atoms with Crippen LogP contribution in [0.25, 0.3) is 0 Å². The van der Waals surface area contributed by atoms with E-state index in [-0.39, 0.29) is 5.03 Å². The third-order valence-electron chi connectivity index (χ3n) is 3.73. The van der Waals surface area contributed by atoms with E-state index in [0.717, 1.165) is 17.3 Å². The predicted octanol–water partition coefficient (Wildman–Crippen LogP) is 1.45. The topological polar surface area (TPSA) is 129 Å². The van der Waals surface area contributed by atoms with Crippen LogP contribution in [-0.4, -0.2) is 34.4 Å². The van der Waals surface area contributed by atoms with E-state index in [9.17, 15) is 14.4 Å². The predicted molar refractivity (Wildman–Crippen MR) is 109 cm³/mol. The molecule has 1 heterocycles. The van der Waals surface area contributed by atoms with Crippen LogP contribution in [0.1, 0.15) is 16.4 Å². The summed E-state index contributed by atoms with van der Waals surface area (Å²) < 4.78 is 5.15. The Kier molecular flexibility index (Phi) is 6.59. The molecule has 148 valence electrons. The molecule has 3 aromatic rings. The number of carbonyl (C=O) groups is 1. The highest BCUT2D eigenvalue weighted by atomic mass is 32.2. The lowest BCUT2D eigenvalue weighted by atomic mass is 10.1. The summed E-state index contributed by atoms with van der Waals surface area (Å²) in [4.78, 5) is 38.0. The van der Waals surface area contributed by atoms with Crippen LogP contribution < -0.4 is 21.4 Å². The van der Waals surface area contributed by atoms with Crippen LogP contribution in [0.3, 0.4) is 0 Å². The molecular formula is C19H17N5O4S. The molecule has 0 radical (unpaired) electrons. The number of hydrogen-bond acceptors (Lipinski definition) is 7. The van der Waals surface area contributed by atoms with Crippen molar-refractivity contribution in [1.82, 2.24) is 20.6 Å². The van der Waals surface area contributed by atoms with Crippen LogP contribution in [0.5, 0.6) is 5.75 Å². The molecule has 3 rings (SSSR count). The van der Waals surface area contributed by atoms with E-state index in [0.29, 0.717) is 11.3 Å². The number of ether oxygens (including phenoxy) is 1. The first-order valence-electron chi connectivity index (χ1n) is 8.44. The number of hydrogen-bond donors (Lipinski definition) is 3. The van der Waals surface area contributed by atoms with E-state index in [1.165, 1.54) is 6.21 Å². The SMILES string of the molecule is COc1cccc(/C=N\NC(=O)C(Sc2n[nH]c(=O)[nH]c2=O)c2ccccc2)c1. The second-order valence-electron chi connectivity index (χ2n) is 5.73. The molecule has 1 unspecified atom stereocenters. The lowest BCUT2D eigenvalue weighted by Gasteiger charge is -2.14. The van der Waals surface area contributed by atoms with E-state index in [4.69, 9.17) is 4.74 Å². The molecule has 2 aromatic carbocycles. The normalized spacial score (nSPS) is 11.9. The molecule has 9 nitrogen and oxygen atoms in total. The number of methoxy groups -OCH3 is 1. The average molecular weight is 411 g/mol. The molecule has 0 aliphatic carbocycles. The van der Waals surface area contributed by atoms with Gasteiger partial charge in [-0.1, -0.05) is 54.2 Å². The number of nitrogens with zero attached hydrogens (tertiary/aromatic N) is 2. The van der Waals surface area contributed by atoms with Crippen molar-refractivity contribution < 1.29 is 9.53 Å². The van der Waals surface area contributed by atoms with Crippen LogP contribution in [0.15, 0.2) is 74.3 Å². The van der Waals surface area contributed by atoms with E-state index >= 15 is 0 Å². The molecule has 1 atom stereocenters. The quantitative estimate of drug-likeness (QED) is 0.307. The highest BCUT2D eigenvalue weighted by Crippen LogP contribution is 2.32. The Bertz CT molecular complexity index is 1130. The molecule has 0 fully saturated rings. The molecule has 0 aliphatic rings. The Hall–Kier alpha value is -3.66. The van der Waals surface area contributed by atoms with Gasteiger partial charge in [-0.15, -0.1) is 0 Å². The van der Waals surface area contributed by atoms with Crippen LogP contribution >= 0.6 is 11.8 Å². The van der Waals surface area contributed by atoms with E-state index in [2.05, 4.69) is 25.7 Å². The number of thioether (sulfide) groups is 1. The van der Waals surface area contributed by atoms with Gasteiger partial charge >= 0.3 is 5.69 Å². The van der Waals surface area contributed by atoms with Gasteiger partial charge in [0.15, 0.2) is 5.03 Å². The standard InChI is InChI=1S/C19H17N5O4S/c1-28-14-9-5-6-12(10-14)11-20-22-16(25)15(13-7-3-2-4-8-13)29-18-17(26)21-19(27)24-23-18/h2-11,15H,1H3,(H,22,25)(H2,21,24,26,27)/b20-11-. The van der Waals surface area contributed by atoms with Crippen LogP contribution in [0.2, 0.25) is 0 Å². The van der Waals surface area contributed by atoms with Crippen molar-refractivity contribution in [3.63, 3.8) is 0 Å². The molecule has 0 aliphatic heterocycles. The molecule has 0 bridgehead atoms. The maximum atomic E-state index is 12.8. The fraction of sp³-hybridized carbons (Fsp3) is 0.105. The van der Waals surface area contributed by atoms with E-state index in [1.54, 1.807) is 49.6 Å². The van der Waals surface area contributed by atoms with Crippen molar-refractivity contribution in [1.29, 1.82) is 0 Å². The van der Waals surface area contributed by atoms with Gasteiger partial charge in [-0.25, -0.2) is 15.3 Å². The molecule has 29 heavy (non-hydrogen) atoms. The molecule has 10 heteroatoms. The van der Waals surface area contributed by atoms with Gasteiger partial charge in [0.2, 0.25) is 0 Å². The minimum Gasteiger partial charge on any atom is -0.497 e. The molecular weight excluding hydrogens is 394 g/mol. The first-order valence-corrected chi connectivity index (χ1v) is 9.32. The number of benzene rings is 2. The summed E-state index contributed by atoms with van der Waals surface area (Å²) in [6.07, 6.45) is 1.48. The third kappa shape index (κ3) is 5.42. The van der Waals surface area contributed by atoms with Crippen molar-refractivity contribution in [2.24, 2.45) is 5.10 Å². The second kappa shape index (κ2) is 9.51. The number of aromatic amines is 2. The number of amides is 1. The van der Waals surface area contributed by atoms with Gasteiger partial charge in [0, 0.05) is 0 Å². The third-order valence-corrected chi connectivity index (χ3v) is 4.95. The number of H-pyrrole nitrogens is 2.